The molecule has 0 spiro atoms. The molecule has 2 aromatic carbocycles. The number of carbonyl (C=O) groups is 1. The lowest BCUT2D eigenvalue weighted by Gasteiger charge is -2.36. The number of fused-ring (bicyclic) bond motifs is 2. The van der Waals surface area contributed by atoms with E-state index in [2.05, 4.69) is 38.2 Å². The standard InChI is InChI=1S/C26H31N5O2/c1-2-29-13-15-31(16-14-29)21-17-20(27-9-12-30-10-5-6-11-30)22-23-24(21)28-33-26(23)19-8-4-3-7-18(19)25(22)32/h3-4,7-8,17,27H,2,5-6,9-16H2,1H3. The molecule has 2 saturated heterocycles. The molecule has 0 saturated carbocycles. The van der Waals surface area contributed by atoms with Crippen LogP contribution in [0.25, 0.3) is 22.2 Å². The van der Waals surface area contributed by atoms with Crippen molar-refractivity contribution in [3.8, 4) is 11.3 Å². The minimum atomic E-state index is 0.0531. The van der Waals surface area contributed by atoms with Crippen LogP contribution in [0.1, 0.15) is 35.7 Å². The van der Waals surface area contributed by atoms with Gasteiger partial charge in [-0.25, -0.2) is 0 Å². The largest absolute Gasteiger partial charge is 0.383 e. The summed E-state index contributed by atoms with van der Waals surface area (Å²) in [5, 5.41) is 8.99. The zero-order valence-corrected chi connectivity index (χ0v) is 19.3. The van der Waals surface area contributed by atoms with Crippen molar-refractivity contribution in [1.29, 1.82) is 0 Å². The van der Waals surface area contributed by atoms with Crippen LogP contribution in [0.4, 0.5) is 11.4 Å². The molecule has 6 rings (SSSR count). The molecule has 0 radical (unpaired) electrons. The Morgan fingerprint density at radius 3 is 2.52 bits per heavy atom. The van der Waals surface area contributed by atoms with E-state index < -0.39 is 0 Å². The second-order valence-electron chi connectivity index (χ2n) is 9.33. The van der Waals surface area contributed by atoms with Crippen molar-refractivity contribution in [3.05, 3.63) is 41.5 Å². The molecule has 0 atom stereocenters. The summed E-state index contributed by atoms with van der Waals surface area (Å²) in [5.74, 6) is 0.768. The minimum absolute atomic E-state index is 0.0531. The van der Waals surface area contributed by atoms with Crippen molar-refractivity contribution in [1.82, 2.24) is 15.0 Å². The number of likely N-dealkylation sites (tertiary alicyclic amines) is 1. The molecule has 3 heterocycles. The molecule has 2 aliphatic heterocycles. The smallest absolute Gasteiger partial charge is 0.196 e. The lowest BCUT2D eigenvalue weighted by Crippen LogP contribution is -2.46. The van der Waals surface area contributed by atoms with Crippen LogP contribution in [-0.4, -0.2) is 79.6 Å². The van der Waals surface area contributed by atoms with E-state index in [-0.39, 0.29) is 5.78 Å². The Hall–Kier alpha value is -2.90. The fraction of sp³-hybridized carbons (Fsp3) is 0.462. The summed E-state index contributed by atoms with van der Waals surface area (Å²) in [6.45, 7) is 11.4. The Morgan fingerprint density at radius 2 is 1.76 bits per heavy atom. The van der Waals surface area contributed by atoms with Gasteiger partial charge in [0.05, 0.1) is 16.6 Å². The van der Waals surface area contributed by atoms with Gasteiger partial charge in [-0.2, -0.15) is 0 Å². The number of hydrogen-bond acceptors (Lipinski definition) is 7. The van der Waals surface area contributed by atoms with Crippen LogP contribution in [0.15, 0.2) is 34.9 Å². The summed E-state index contributed by atoms with van der Waals surface area (Å²) in [5.41, 5.74) is 5.01. The van der Waals surface area contributed by atoms with E-state index in [1.165, 1.54) is 25.9 Å². The number of ketones is 1. The molecule has 1 aliphatic carbocycles. The Morgan fingerprint density at radius 1 is 1.00 bits per heavy atom. The van der Waals surface area contributed by atoms with Gasteiger partial charge in [0, 0.05) is 56.1 Å². The van der Waals surface area contributed by atoms with E-state index in [9.17, 15) is 4.79 Å². The molecule has 2 fully saturated rings. The van der Waals surface area contributed by atoms with Crippen LogP contribution in [0, 0.1) is 0 Å². The van der Waals surface area contributed by atoms with Crippen LogP contribution >= 0.6 is 0 Å². The summed E-state index contributed by atoms with van der Waals surface area (Å²) < 4.78 is 5.91. The first kappa shape index (κ1) is 20.7. The first-order valence-corrected chi connectivity index (χ1v) is 12.3. The number of carbonyl (C=O) groups excluding carboxylic acids is 1. The van der Waals surface area contributed by atoms with Gasteiger partial charge < -0.3 is 24.5 Å². The molecule has 3 aliphatic rings. The number of aromatic nitrogens is 1. The average molecular weight is 446 g/mol. The minimum Gasteiger partial charge on any atom is -0.383 e. The van der Waals surface area contributed by atoms with Crippen molar-refractivity contribution in [2.24, 2.45) is 0 Å². The summed E-state index contributed by atoms with van der Waals surface area (Å²) in [4.78, 5) is 21.0. The van der Waals surface area contributed by atoms with Gasteiger partial charge in [0.1, 0.15) is 5.52 Å². The van der Waals surface area contributed by atoms with Crippen molar-refractivity contribution >= 4 is 28.1 Å². The maximum absolute atomic E-state index is 13.7. The molecule has 1 aromatic heterocycles. The predicted octanol–water partition coefficient (Wildman–Crippen LogP) is 3.69. The summed E-state index contributed by atoms with van der Waals surface area (Å²) in [6.07, 6.45) is 2.56. The van der Waals surface area contributed by atoms with E-state index in [1.807, 2.05) is 24.3 Å². The van der Waals surface area contributed by atoms with Crippen LogP contribution in [0.5, 0.6) is 0 Å². The van der Waals surface area contributed by atoms with Crippen molar-refractivity contribution in [2.75, 3.05) is 69.1 Å². The van der Waals surface area contributed by atoms with Crippen molar-refractivity contribution < 1.29 is 9.32 Å². The Kier molecular flexibility index (Phi) is 5.31. The summed E-state index contributed by atoms with van der Waals surface area (Å²) >= 11 is 0. The average Bonchev–Trinajstić information content (AvgIpc) is 3.53. The number of hydrogen-bond donors (Lipinski definition) is 1. The van der Waals surface area contributed by atoms with Gasteiger partial charge in [-0.1, -0.05) is 36.3 Å². The van der Waals surface area contributed by atoms with E-state index in [0.717, 1.165) is 73.7 Å². The summed E-state index contributed by atoms with van der Waals surface area (Å²) in [6, 6.07) is 9.86. The molecule has 172 valence electrons. The lowest BCUT2D eigenvalue weighted by molar-refractivity contribution is 0.104. The predicted molar refractivity (Wildman–Crippen MR) is 131 cm³/mol. The fourth-order valence-electron chi connectivity index (χ4n) is 5.58. The number of benzene rings is 2. The topological polar surface area (TPSA) is 64.8 Å². The highest BCUT2D eigenvalue weighted by atomic mass is 16.5. The molecular weight excluding hydrogens is 414 g/mol. The zero-order valence-electron chi connectivity index (χ0n) is 19.3. The fourth-order valence-corrected chi connectivity index (χ4v) is 5.58. The molecule has 7 nitrogen and oxygen atoms in total. The van der Waals surface area contributed by atoms with Crippen molar-refractivity contribution in [3.63, 3.8) is 0 Å². The number of rotatable bonds is 6. The monoisotopic (exact) mass is 445 g/mol. The van der Waals surface area contributed by atoms with Gasteiger partial charge in [-0.3, -0.25) is 4.79 Å². The zero-order chi connectivity index (χ0) is 22.4. The highest BCUT2D eigenvalue weighted by Crippen LogP contribution is 2.45. The molecule has 33 heavy (non-hydrogen) atoms. The van der Waals surface area contributed by atoms with E-state index in [0.29, 0.717) is 16.9 Å². The van der Waals surface area contributed by atoms with Gasteiger partial charge in [-0.05, 0) is 38.5 Å². The maximum Gasteiger partial charge on any atom is 0.196 e. The third-order valence-electron chi connectivity index (χ3n) is 7.48. The molecule has 0 unspecified atom stereocenters. The molecule has 3 aromatic rings. The Balaban J connectivity index is 1.43. The lowest BCUT2D eigenvalue weighted by atomic mass is 9.86. The van der Waals surface area contributed by atoms with E-state index in [1.54, 1.807) is 0 Å². The molecule has 0 amide bonds. The third-order valence-corrected chi connectivity index (χ3v) is 7.48. The third kappa shape index (κ3) is 3.50. The quantitative estimate of drug-likeness (QED) is 0.486. The van der Waals surface area contributed by atoms with Crippen LogP contribution in [-0.2, 0) is 0 Å². The second-order valence-corrected chi connectivity index (χ2v) is 9.33. The van der Waals surface area contributed by atoms with Gasteiger partial charge >= 0.3 is 0 Å². The first-order valence-electron chi connectivity index (χ1n) is 12.3. The Bertz CT molecular complexity index is 1190. The van der Waals surface area contributed by atoms with Crippen LogP contribution in [0.3, 0.4) is 0 Å². The number of piperazine rings is 1. The van der Waals surface area contributed by atoms with Crippen LogP contribution < -0.4 is 10.2 Å². The van der Waals surface area contributed by atoms with Gasteiger partial charge in [0.15, 0.2) is 11.5 Å². The molecule has 1 N–H and O–H groups in total. The molecule has 0 bridgehead atoms. The normalized spacial score (nSPS) is 18.8. The number of likely N-dealkylation sites (N-methyl/N-ethyl adjacent to an activating group) is 1. The first-order chi connectivity index (χ1) is 16.2. The van der Waals surface area contributed by atoms with Crippen molar-refractivity contribution in [2.45, 2.75) is 19.8 Å². The van der Waals surface area contributed by atoms with E-state index in [4.69, 9.17) is 4.52 Å². The number of nitrogens with zero attached hydrogens (tertiary/aromatic N) is 4. The number of nitrogens with one attached hydrogen (secondary N) is 1. The molecular formula is C26H31N5O2. The Labute approximate surface area is 194 Å². The summed E-state index contributed by atoms with van der Waals surface area (Å²) in [7, 11) is 0. The van der Waals surface area contributed by atoms with Gasteiger partial charge in [0.2, 0.25) is 0 Å². The molecule has 7 heteroatoms. The van der Waals surface area contributed by atoms with Gasteiger partial charge in [0.25, 0.3) is 0 Å². The van der Waals surface area contributed by atoms with E-state index >= 15 is 0 Å². The number of anilines is 2. The van der Waals surface area contributed by atoms with Gasteiger partial charge in [-0.15, -0.1) is 0 Å². The maximum atomic E-state index is 13.7. The van der Waals surface area contributed by atoms with Crippen LogP contribution in [0.2, 0.25) is 0 Å². The second kappa shape index (κ2) is 8.47. The SMILES string of the molecule is CCN1CCN(c2cc(NCCN3CCCC3)c3c4c(onc24)-c2ccccc2C3=O)CC1. The highest BCUT2D eigenvalue weighted by Gasteiger charge is 2.34. The highest BCUT2D eigenvalue weighted by molar-refractivity contribution is 6.28.